The van der Waals surface area contributed by atoms with Crippen molar-refractivity contribution in [2.75, 3.05) is 13.2 Å². The first-order valence-corrected chi connectivity index (χ1v) is 5.80. The molecule has 2 heterocycles. The molecular weight excluding hydrogens is 210 g/mol. The van der Waals surface area contributed by atoms with Gasteiger partial charge >= 0.3 is 0 Å². The standard InChI is InChI=1S/C10H13N3OS/c11-10(12)9-7(2-1-3-13-9)6-15-8-4-14-5-8/h1-3,8H,4-6H2,(H3,11,12). The van der Waals surface area contributed by atoms with Crippen LogP contribution in [0.15, 0.2) is 18.3 Å². The molecule has 1 aliphatic rings. The molecule has 0 radical (unpaired) electrons. The van der Waals surface area contributed by atoms with Gasteiger partial charge in [-0.3, -0.25) is 10.4 Å². The van der Waals surface area contributed by atoms with Crippen LogP contribution in [0.1, 0.15) is 11.3 Å². The molecule has 1 aromatic rings. The van der Waals surface area contributed by atoms with E-state index in [1.165, 1.54) is 0 Å². The van der Waals surface area contributed by atoms with E-state index in [1.54, 1.807) is 6.20 Å². The lowest BCUT2D eigenvalue weighted by Crippen LogP contribution is -2.30. The molecule has 15 heavy (non-hydrogen) atoms. The Kier molecular flexibility index (Phi) is 3.23. The fourth-order valence-corrected chi connectivity index (χ4v) is 2.35. The molecule has 0 saturated carbocycles. The number of ether oxygens (including phenoxy) is 1. The van der Waals surface area contributed by atoms with Crippen molar-refractivity contribution in [1.29, 1.82) is 5.41 Å². The Morgan fingerprint density at radius 1 is 1.67 bits per heavy atom. The molecule has 0 atom stereocenters. The highest BCUT2D eigenvalue weighted by atomic mass is 32.2. The number of nitrogens with two attached hydrogens (primary N) is 1. The summed E-state index contributed by atoms with van der Waals surface area (Å²) in [5.41, 5.74) is 7.09. The van der Waals surface area contributed by atoms with E-state index >= 15 is 0 Å². The molecule has 5 heteroatoms. The highest BCUT2D eigenvalue weighted by Gasteiger charge is 2.19. The number of aromatic nitrogens is 1. The molecule has 0 spiro atoms. The van der Waals surface area contributed by atoms with E-state index in [1.807, 2.05) is 23.9 Å². The Morgan fingerprint density at radius 3 is 3.07 bits per heavy atom. The van der Waals surface area contributed by atoms with Crippen molar-refractivity contribution < 1.29 is 4.74 Å². The number of pyridine rings is 1. The first-order chi connectivity index (χ1) is 7.27. The summed E-state index contributed by atoms with van der Waals surface area (Å²) >= 11 is 1.83. The third-order valence-electron chi connectivity index (χ3n) is 2.23. The predicted octanol–water partition coefficient (Wildman–Crippen LogP) is 0.998. The third-order valence-corrected chi connectivity index (χ3v) is 3.45. The summed E-state index contributed by atoms with van der Waals surface area (Å²) in [5, 5.41) is 7.99. The summed E-state index contributed by atoms with van der Waals surface area (Å²) in [6, 6.07) is 3.84. The van der Waals surface area contributed by atoms with Crippen molar-refractivity contribution in [2.45, 2.75) is 11.0 Å². The Balaban J connectivity index is 2.02. The minimum absolute atomic E-state index is 0.0380. The summed E-state index contributed by atoms with van der Waals surface area (Å²) in [7, 11) is 0. The van der Waals surface area contributed by atoms with Crippen molar-refractivity contribution in [1.82, 2.24) is 4.98 Å². The molecule has 0 aliphatic carbocycles. The molecule has 1 fully saturated rings. The van der Waals surface area contributed by atoms with Crippen LogP contribution in [0, 0.1) is 5.41 Å². The van der Waals surface area contributed by atoms with Crippen LogP contribution in [-0.2, 0) is 10.5 Å². The van der Waals surface area contributed by atoms with Crippen LogP contribution in [0.3, 0.4) is 0 Å². The van der Waals surface area contributed by atoms with Gasteiger partial charge in [0.1, 0.15) is 11.5 Å². The maximum absolute atomic E-state index is 7.40. The number of nitrogens with one attached hydrogen (secondary N) is 1. The number of nitrogen functional groups attached to an aromatic ring is 1. The van der Waals surface area contributed by atoms with E-state index in [0.29, 0.717) is 10.9 Å². The molecule has 1 aliphatic heterocycles. The van der Waals surface area contributed by atoms with E-state index in [2.05, 4.69) is 4.98 Å². The fraction of sp³-hybridized carbons (Fsp3) is 0.400. The highest BCUT2D eigenvalue weighted by Crippen LogP contribution is 2.24. The monoisotopic (exact) mass is 223 g/mol. The molecule has 2 rings (SSSR count). The van der Waals surface area contributed by atoms with Gasteiger partial charge < -0.3 is 10.5 Å². The van der Waals surface area contributed by atoms with Crippen molar-refractivity contribution in [3.63, 3.8) is 0 Å². The maximum atomic E-state index is 7.40. The van der Waals surface area contributed by atoms with Gasteiger partial charge in [-0.2, -0.15) is 0 Å². The summed E-state index contributed by atoms with van der Waals surface area (Å²) in [4.78, 5) is 4.11. The van der Waals surface area contributed by atoms with Gasteiger partial charge in [0.2, 0.25) is 0 Å². The van der Waals surface area contributed by atoms with Crippen LogP contribution < -0.4 is 5.73 Å². The lowest BCUT2D eigenvalue weighted by Gasteiger charge is -2.25. The molecule has 3 N–H and O–H groups in total. The minimum atomic E-state index is 0.0380. The average molecular weight is 223 g/mol. The van der Waals surface area contributed by atoms with Gasteiger partial charge in [0.05, 0.1) is 18.5 Å². The average Bonchev–Trinajstić information content (AvgIpc) is 2.16. The number of amidine groups is 1. The molecule has 80 valence electrons. The lowest BCUT2D eigenvalue weighted by molar-refractivity contribution is 0.0455. The number of nitrogens with zero attached hydrogens (tertiary/aromatic N) is 1. The number of rotatable bonds is 4. The first kappa shape index (κ1) is 10.4. The van der Waals surface area contributed by atoms with Gasteiger partial charge in [-0.05, 0) is 11.6 Å². The first-order valence-electron chi connectivity index (χ1n) is 4.75. The summed E-state index contributed by atoms with van der Waals surface area (Å²) in [5.74, 6) is 0.882. The van der Waals surface area contributed by atoms with Crippen molar-refractivity contribution in [3.05, 3.63) is 29.6 Å². The third kappa shape index (κ3) is 2.49. The van der Waals surface area contributed by atoms with Gasteiger partial charge in [0, 0.05) is 11.9 Å². The topological polar surface area (TPSA) is 72.0 Å². The van der Waals surface area contributed by atoms with Crippen molar-refractivity contribution in [2.24, 2.45) is 5.73 Å². The largest absolute Gasteiger partial charge is 0.382 e. The molecule has 1 aromatic heterocycles. The van der Waals surface area contributed by atoms with Crippen LogP contribution >= 0.6 is 11.8 Å². The molecule has 0 aromatic carbocycles. The Bertz CT molecular complexity index is 365. The van der Waals surface area contributed by atoms with Crippen molar-refractivity contribution >= 4 is 17.6 Å². The Hall–Kier alpha value is -1.07. The normalized spacial score (nSPS) is 16.0. The molecule has 0 unspecified atom stereocenters. The second-order valence-corrected chi connectivity index (χ2v) is 4.68. The van der Waals surface area contributed by atoms with Gasteiger partial charge in [-0.25, -0.2) is 0 Å². The van der Waals surface area contributed by atoms with Gasteiger partial charge in [-0.15, -0.1) is 11.8 Å². The second kappa shape index (κ2) is 4.63. The zero-order valence-corrected chi connectivity index (χ0v) is 9.09. The fourth-order valence-electron chi connectivity index (χ4n) is 1.32. The Labute approximate surface area is 92.7 Å². The zero-order chi connectivity index (χ0) is 10.7. The number of thioether (sulfide) groups is 1. The zero-order valence-electron chi connectivity index (χ0n) is 8.27. The molecular formula is C10H13N3OS. The van der Waals surface area contributed by atoms with Crippen LogP contribution in [-0.4, -0.2) is 29.3 Å². The van der Waals surface area contributed by atoms with Crippen LogP contribution in [0.4, 0.5) is 0 Å². The maximum Gasteiger partial charge on any atom is 0.142 e. The number of hydrogen-bond donors (Lipinski definition) is 2. The molecule has 0 amide bonds. The lowest BCUT2D eigenvalue weighted by atomic mass is 10.2. The minimum Gasteiger partial charge on any atom is -0.382 e. The van der Waals surface area contributed by atoms with E-state index in [0.717, 1.165) is 24.5 Å². The van der Waals surface area contributed by atoms with Crippen LogP contribution in [0.5, 0.6) is 0 Å². The summed E-state index contributed by atoms with van der Waals surface area (Å²) in [6.07, 6.45) is 1.66. The van der Waals surface area contributed by atoms with Gasteiger partial charge in [0.25, 0.3) is 0 Å². The van der Waals surface area contributed by atoms with Gasteiger partial charge in [0.15, 0.2) is 0 Å². The van der Waals surface area contributed by atoms with Crippen LogP contribution in [0.25, 0.3) is 0 Å². The SMILES string of the molecule is N=C(N)c1ncccc1CSC1COC1. The van der Waals surface area contributed by atoms with Crippen LogP contribution in [0.2, 0.25) is 0 Å². The smallest absolute Gasteiger partial charge is 0.142 e. The predicted molar refractivity (Wildman–Crippen MR) is 61.2 cm³/mol. The van der Waals surface area contributed by atoms with E-state index < -0.39 is 0 Å². The Morgan fingerprint density at radius 2 is 2.47 bits per heavy atom. The van der Waals surface area contributed by atoms with E-state index in [9.17, 15) is 0 Å². The van der Waals surface area contributed by atoms with Crippen molar-refractivity contribution in [3.8, 4) is 0 Å². The summed E-state index contributed by atoms with van der Waals surface area (Å²) in [6.45, 7) is 1.67. The quantitative estimate of drug-likeness (QED) is 0.590. The molecule has 4 nitrogen and oxygen atoms in total. The van der Waals surface area contributed by atoms with Gasteiger partial charge in [-0.1, -0.05) is 6.07 Å². The van der Waals surface area contributed by atoms with E-state index in [4.69, 9.17) is 15.9 Å². The number of hydrogen-bond acceptors (Lipinski definition) is 4. The molecule has 0 bridgehead atoms. The van der Waals surface area contributed by atoms with E-state index in [-0.39, 0.29) is 5.84 Å². The molecule has 1 saturated heterocycles. The summed E-state index contributed by atoms with van der Waals surface area (Å²) < 4.78 is 5.10. The second-order valence-electron chi connectivity index (χ2n) is 3.40. The highest BCUT2D eigenvalue weighted by molar-refractivity contribution is 7.99.